The summed E-state index contributed by atoms with van der Waals surface area (Å²) in [6.07, 6.45) is 4.76. The highest BCUT2D eigenvalue weighted by atomic mass is 19.1. The molecule has 3 heteroatoms. The Morgan fingerprint density at radius 2 is 2.43 bits per heavy atom. The zero-order chi connectivity index (χ0) is 9.80. The van der Waals surface area contributed by atoms with Crippen LogP contribution >= 0.6 is 0 Å². The van der Waals surface area contributed by atoms with E-state index in [1.165, 1.54) is 25.1 Å². The van der Waals surface area contributed by atoms with Gasteiger partial charge in [0.1, 0.15) is 5.82 Å². The standard InChI is InChI=1S/C11H15FN2/c12-10-3-4-11(14-8-10)6-9-2-1-5-13-7-9/h3-4,8-9,13H,1-2,5-7H2. The number of hydrogen-bond donors (Lipinski definition) is 1. The number of nitrogens with zero attached hydrogens (tertiary/aromatic N) is 1. The van der Waals surface area contributed by atoms with Crippen LogP contribution in [-0.2, 0) is 6.42 Å². The second-order valence-corrected chi connectivity index (χ2v) is 3.88. The predicted molar refractivity (Wildman–Crippen MR) is 53.5 cm³/mol. The molecule has 1 N–H and O–H groups in total. The van der Waals surface area contributed by atoms with Crippen LogP contribution in [-0.4, -0.2) is 18.1 Å². The third-order valence-corrected chi connectivity index (χ3v) is 2.69. The Kier molecular flexibility index (Phi) is 3.09. The van der Waals surface area contributed by atoms with Gasteiger partial charge < -0.3 is 5.32 Å². The van der Waals surface area contributed by atoms with Gasteiger partial charge in [0.2, 0.25) is 0 Å². The summed E-state index contributed by atoms with van der Waals surface area (Å²) in [4.78, 5) is 4.07. The van der Waals surface area contributed by atoms with Crippen molar-refractivity contribution in [1.82, 2.24) is 10.3 Å². The van der Waals surface area contributed by atoms with Crippen molar-refractivity contribution in [2.75, 3.05) is 13.1 Å². The summed E-state index contributed by atoms with van der Waals surface area (Å²) in [5.41, 5.74) is 1.00. The van der Waals surface area contributed by atoms with E-state index < -0.39 is 0 Å². The molecule has 1 fully saturated rings. The molecule has 14 heavy (non-hydrogen) atoms. The first-order valence-corrected chi connectivity index (χ1v) is 5.16. The average Bonchev–Trinajstić information content (AvgIpc) is 2.23. The minimum Gasteiger partial charge on any atom is -0.316 e. The maximum absolute atomic E-state index is 12.6. The molecule has 0 radical (unpaired) electrons. The first-order chi connectivity index (χ1) is 6.84. The van der Waals surface area contributed by atoms with Crippen LogP contribution in [0.25, 0.3) is 0 Å². The molecule has 0 aliphatic carbocycles. The van der Waals surface area contributed by atoms with Crippen LogP contribution < -0.4 is 5.32 Å². The molecule has 0 saturated carbocycles. The molecule has 1 atom stereocenters. The maximum atomic E-state index is 12.6. The van der Waals surface area contributed by atoms with Gasteiger partial charge in [0, 0.05) is 5.69 Å². The molecule has 0 amide bonds. The van der Waals surface area contributed by atoms with Crippen molar-refractivity contribution in [2.45, 2.75) is 19.3 Å². The summed E-state index contributed by atoms with van der Waals surface area (Å²) in [7, 11) is 0. The van der Waals surface area contributed by atoms with E-state index in [-0.39, 0.29) is 5.82 Å². The fourth-order valence-electron chi connectivity index (χ4n) is 1.92. The lowest BCUT2D eigenvalue weighted by atomic mass is 9.94. The van der Waals surface area contributed by atoms with Gasteiger partial charge in [-0.25, -0.2) is 4.39 Å². The average molecular weight is 194 g/mol. The van der Waals surface area contributed by atoms with E-state index in [0.717, 1.165) is 25.2 Å². The lowest BCUT2D eigenvalue weighted by Gasteiger charge is -2.22. The number of nitrogens with one attached hydrogen (secondary N) is 1. The van der Waals surface area contributed by atoms with Gasteiger partial charge in [0.15, 0.2) is 0 Å². The van der Waals surface area contributed by atoms with Gasteiger partial charge in [-0.15, -0.1) is 0 Å². The summed E-state index contributed by atoms with van der Waals surface area (Å²) in [5.74, 6) is 0.414. The molecule has 1 unspecified atom stereocenters. The van der Waals surface area contributed by atoms with E-state index in [0.29, 0.717) is 5.92 Å². The van der Waals surface area contributed by atoms with E-state index in [1.54, 1.807) is 6.07 Å². The molecule has 76 valence electrons. The van der Waals surface area contributed by atoms with Crippen molar-refractivity contribution >= 4 is 0 Å². The number of halogens is 1. The summed E-state index contributed by atoms with van der Waals surface area (Å²) in [6.45, 7) is 2.20. The van der Waals surface area contributed by atoms with Crippen molar-refractivity contribution in [1.29, 1.82) is 0 Å². The molecule has 1 aliphatic rings. The van der Waals surface area contributed by atoms with Gasteiger partial charge in [-0.2, -0.15) is 0 Å². The fourth-order valence-corrected chi connectivity index (χ4v) is 1.92. The normalized spacial score (nSPS) is 22.2. The Balaban J connectivity index is 1.92. The molecule has 2 rings (SSSR count). The van der Waals surface area contributed by atoms with E-state index in [4.69, 9.17) is 0 Å². The minimum absolute atomic E-state index is 0.254. The fraction of sp³-hybridized carbons (Fsp3) is 0.545. The third-order valence-electron chi connectivity index (χ3n) is 2.69. The molecule has 2 nitrogen and oxygen atoms in total. The molecule has 0 bridgehead atoms. The summed E-state index contributed by atoms with van der Waals surface area (Å²) in [5, 5.41) is 3.36. The van der Waals surface area contributed by atoms with Gasteiger partial charge in [-0.1, -0.05) is 0 Å². The van der Waals surface area contributed by atoms with Gasteiger partial charge in [-0.05, 0) is 50.4 Å². The second-order valence-electron chi connectivity index (χ2n) is 3.88. The van der Waals surface area contributed by atoms with Crippen molar-refractivity contribution in [2.24, 2.45) is 5.92 Å². The molecule has 2 heterocycles. The SMILES string of the molecule is Fc1ccc(CC2CCCNC2)nc1. The van der Waals surface area contributed by atoms with Gasteiger partial charge in [-0.3, -0.25) is 4.98 Å². The highest BCUT2D eigenvalue weighted by Gasteiger charge is 2.13. The molecule has 0 aromatic carbocycles. The van der Waals surface area contributed by atoms with E-state index in [2.05, 4.69) is 10.3 Å². The number of hydrogen-bond acceptors (Lipinski definition) is 2. The van der Waals surface area contributed by atoms with Crippen molar-refractivity contribution in [3.05, 3.63) is 29.8 Å². The molecular weight excluding hydrogens is 179 g/mol. The monoisotopic (exact) mass is 194 g/mol. The molecule has 1 aromatic rings. The third kappa shape index (κ3) is 2.51. The highest BCUT2D eigenvalue weighted by Crippen LogP contribution is 2.14. The van der Waals surface area contributed by atoms with Gasteiger partial charge in [0.25, 0.3) is 0 Å². The number of pyridine rings is 1. The Morgan fingerprint density at radius 3 is 3.07 bits per heavy atom. The highest BCUT2D eigenvalue weighted by molar-refractivity contribution is 5.06. The van der Waals surface area contributed by atoms with Crippen LogP contribution in [0.15, 0.2) is 18.3 Å². The molecule has 0 spiro atoms. The van der Waals surface area contributed by atoms with Crippen LogP contribution in [0.1, 0.15) is 18.5 Å². The lowest BCUT2D eigenvalue weighted by molar-refractivity contribution is 0.373. The Labute approximate surface area is 83.6 Å². The molecule has 1 aromatic heterocycles. The largest absolute Gasteiger partial charge is 0.316 e. The Hall–Kier alpha value is -0.960. The first kappa shape index (κ1) is 9.59. The Bertz CT molecular complexity index is 278. The van der Waals surface area contributed by atoms with Crippen LogP contribution in [0.4, 0.5) is 4.39 Å². The van der Waals surface area contributed by atoms with Crippen molar-refractivity contribution in [3.8, 4) is 0 Å². The molecular formula is C11H15FN2. The van der Waals surface area contributed by atoms with E-state index in [1.807, 2.05) is 0 Å². The zero-order valence-corrected chi connectivity index (χ0v) is 8.17. The molecule has 1 aliphatic heterocycles. The zero-order valence-electron chi connectivity index (χ0n) is 8.17. The number of piperidine rings is 1. The van der Waals surface area contributed by atoms with Crippen LogP contribution in [0.5, 0.6) is 0 Å². The van der Waals surface area contributed by atoms with E-state index in [9.17, 15) is 4.39 Å². The minimum atomic E-state index is -0.254. The number of aromatic nitrogens is 1. The summed E-state index contributed by atoms with van der Waals surface area (Å²) >= 11 is 0. The topological polar surface area (TPSA) is 24.9 Å². The van der Waals surface area contributed by atoms with Crippen molar-refractivity contribution < 1.29 is 4.39 Å². The first-order valence-electron chi connectivity index (χ1n) is 5.16. The quantitative estimate of drug-likeness (QED) is 0.776. The second kappa shape index (κ2) is 4.51. The molecule has 1 saturated heterocycles. The Morgan fingerprint density at radius 1 is 1.50 bits per heavy atom. The lowest BCUT2D eigenvalue weighted by Crippen LogP contribution is -2.31. The predicted octanol–water partition coefficient (Wildman–Crippen LogP) is 1.76. The van der Waals surface area contributed by atoms with Crippen LogP contribution in [0.2, 0.25) is 0 Å². The summed E-state index contributed by atoms with van der Waals surface area (Å²) < 4.78 is 12.6. The maximum Gasteiger partial charge on any atom is 0.141 e. The van der Waals surface area contributed by atoms with Gasteiger partial charge >= 0.3 is 0 Å². The number of rotatable bonds is 2. The smallest absolute Gasteiger partial charge is 0.141 e. The van der Waals surface area contributed by atoms with Gasteiger partial charge in [0.05, 0.1) is 6.20 Å². The van der Waals surface area contributed by atoms with Crippen molar-refractivity contribution in [3.63, 3.8) is 0 Å². The van der Waals surface area contributed by atoms with E-state index >= 15 is 0 Å². The van der Waals surface area contributed by atoms with Crippen LogP contribution in [0, 0.1) is 11.7 Å². The summed E-state index contributed by atoms with van der Waals surface area (Å²) in [6, 6.07) is 3.27. The van der Waals surface area contributed by atoms with Crippen LogP contribution in [0.3, 0.4) is 0 Å².